The molecular formula is C10H11BrN2O5S. The summed E-state index contributed by atoms with van der Waals surface area (Å²) in [6, 6.07) is -0.359. The van der Waals surface area contributed by atoms with Crippen molar-refractivity contribution in [3.8, 4) is 0 Å². The van der Waals surface area contributed by atoms with Gasteiger partial charge in [-0.15, -0.1) is 11.3 Å². The smallest absolute Gasteiger partial charge is 0.326 e. The first kappa shape index (κ1) is 15.4. The van der Waals surface area contributed by atoms with Gasteiger partial charge in [0, 0.05) is 9.35 Å². The lowest BCUT2D eigenvalue weighted by molar-refractivity contribution is -0.145. The summed E-state index contributed by atoms with van der Waals surface area (Å²) in [7, 11) is 0. The molecular weight excluding hydrogens is 340 g/mol. The highest BCUT2D eigenvalue weighted by Gasteiger charge is 2.22. The Morgan fingerprint density at radius 2 is 2.05 bits per heavy atom. The number of carboxylic acids is 2. The fourth-order valence-electron chi connectivity index (χ4n) is 1.20. The molecule has 0 spiro atoms. The highest BCUT2D eigenvalue weighted by atomic mass is 79.9. The fraction of sp³-hybridized carbons (Fsp3) is 0.300. The van der Waals surface area contributed by atoms with Crippen molar-refractivity contribution < 1.29 is 24.6 Å². The number of carboxylic acid groups (broad SMARTS) is 2. The number of amides is 2. The Morgan fingerprint density at radius 1 is 1.37 bits per heavy atom. The molecule has 0 unspecified atom stereocenters. The largest absolute Gasteiger partial charge is 0.481 e. The lowest BCUT2D eigenvalue weighted by atomic mass is 10.2. The number of hydrogen-bond donors (Lipinski definition) is 4. The second-order valence-corrected chi connectivity index (χ2v) is 5.36. The van der Waals surface area contributed by atoms with E-state index in [1.807, 2.05) is 11.4 Å². The maximum atomic E-state index is 11.5. The summed E-state index contributed by atoms with van der Waals surface area (Å²) in [4.78, 5) is 33.5. The molecule has 0 radical (unpaired) electrons. The van der Waals surface area contributed by atoms with Crippen molar-refractivity contribution in [2.24, 2.45) is 0 Å². The molecule has 0 aliphatic rings. The van der Waals surface area contributed by atoms with Crippen molar-refractivity contribution in [3.05, 3.63) is 20.8 Å². The van der Waals surface area contributed by atoms with Crippen molar-refractivity contribution in [1.29, 1.82) is 0 Å². The van der Waals surface area contributed by atoms with Gasteiger partial charge in [0.15, 0.2) is 0 Å². The lowest BCUT2D eigenvalue weighted by Crippen LogP contribution is -2.46. The van der Waals surface area contributed by atoms with Gasteiger partial charge in [0.2, 0.25) is 0 Å². The van der Waals surface area contributed by atoms with Crippen LogP contribution in [0.15, 0.2) is 15.9 Å². The summed E-state index contributed by atoms with van der Waals surface area (Å²) in [5, 5.41) is 23.7. The van der Waals surface area contributed by atoms with E-state index in [-0.39, 0.29) is 6.54 Å². The van der Waals surface area contributed by atoms with Crippen LogP contribution < -0.4 is 10.6 Å². The molecule has 0 aromatic carbocycles. The van der Waals surface area contributed by atoms with E-state index in [1.165, 1.54) is 11.3 Å². The molecule has 7 nitrogen and oxygen atoms in total. The lowest BCUT2D eigenvalue weighted by Gasteiger charge is -2.13. The minimum atomic E-state index is -1.45. The van der Waals surface area contributed by atoms with Crippen LogP contribution in [-0.4, -0.2) is 34.2 Å². The van der Waals surface area contributed by atoms with Gasteiger partial charge in [-0.2, -0.15) is 0 Å². The molecule has 1 rings (SSSR count). The Hall–Kier alpha value is -1.61. The van der Waals surface area contributed by atoms with Crippen molar-refractivity contribution in [2.75, 3.05) is 0 Å². The van der Waals surface area contributed by atoms with Crippen molar-refractivity contribution in [1.82, 2.24) is 10.6 Å². The van der Waals surface area contributed by atoms with E-state index in [0.717, 1.165) is 9.35 Å². The molecule has 19 heavy (non-hydrogen) atoms. The number of nitrogens with one attached hydrogen (secondary N) is 2. The van der Waals surface area contributed by atoms with Crippen LogP contribution in [0.5, 0.6) is 0 Å². The third-order valence-corrected chi connectivity index (χ3v) is 4.01. The minimum absolute atomic E-state index is 0.226. The van der Waals surface area contributed by atoms with Gasteiger partial charge < -0.3 is 20.8 Å². The molecule has 1 atom stereocenters. The van der Waals surface area contributed by atoms with Gasteiger partial charge in [-0.3, -0.25) is 4.79 Å². The van der Waals surface area contributed by atoms with Gasteiger partial charge in [-0.05, 0) is 27.4 Å². The first-order valence-electron chi connectivity index (χ1n) is 5.11. The summed E-state index contributed by atoms with van der Waals surface area (Å²) in [5.41, 5.74) is 0. The SMILES string of the molecule is O=C(O)C[C@H](NC(=O)NCc1sccc1Br)C(=O)O. The fourth-order valence-corrected chi connectivity index (χ4v) is 2.63. The Kier molecular flexibility index (Phi) is 5.77. The van der Waals surface area contributed by atoms with E-state index in [2.05, 4.69) is 26.6 Å². The van der Waals surface area contributed by atoms with E-state index < -0.39 is 30.4 Å². The van der Waals surface area contributed by atoms with Gasteiger partial charge in [0.1, 0.15) is 6.04 Å². The molecule has 1 aromatic heterocycles. The summed E-state index contributed by atoms with van der Waals surface area (Å²) >= 11 is 4.72. The predicted octanol–water partition coefficient (Wildman–Crippen LogP) is 1.24. The van der Waals surface area contributed by atoms with Gasteiger partial charge >= 0.3 is 18.0 Å². The summed E-state index contributed by atoms with van der Waals surface area (Å²) in [6.45, 7) is 0.226. The zero-order chi connectivity index (χ0) is 14.4. The average molecular weight is 351 g/mol. The Morgan fingerprint density at radius 3 is 2.53 bits per heavy atom. The quantitative estimate of drug-likeness (QED) is 0.615. The van der Waals surface area contributed by atoms with E-state index in [4.69, 9.17) is 10.2 Å². The third-order valence-electron chi connectivity index (χ3n) is 2.08. The van der Waals surface area contributed by atoms with Crippen LogP contribution in [0.25, 0.3) is 0 Å². The topological polar surface area (TPSA) is 116 Å². The van der Waals surface area contributed by atoms with Gasteiger partial charge in [0.05, 0.1) is 13.0 Å². The Bertz CT molecular complexity index is 490. The van der Waals surface area contributed by atoms with Crippen LogP contribution in [-0.2, 0) is 16.1 Å². The second-order valence-electron chi connectivity index (χ2n) is 3.51. The zero-order valence-electron chi connectivity index (χ0n) is 9.55. The van der Waals surface area contributed by atoms with Crippen LogP contribution in [0.3, 0.4) is 0 Å². The summed E-state index contributed by atoms with van der Waals surface area (Å²) in [5.74, 6) is -2.69. The molecule has 4 N–H and O–H groups in total. The van der Waals surface area contributed by atoms with E-state index in [0.29, 0.717) is 0 Å². The molecule has 1 heterocycles. The molecule has 0 saturated heterocycles. The molecule has 0 fully saturated rings. The van der Waals surface area contributed by atoms with Crippen molar-refractivity contribution in [2.45, 2.75) is 19.0 Å². The maximum absolute atomic E-state index is 11.5. The molecule has 104 valence electrons. The number of thiophene rings is 1. The van der Waals surface area contributed by atoms with E-state index in [1.54, 1.807) is 0 Å². The number of aliphatic carboxylic acids is 2. The van der Waals surface area contributed by atoms with E-state index in [9.17, 15) is 14.4 Å². The predicted molar refractivity (Wildman–Crippen MR) is 71.1 cm³/mol. The first-order valence-corrected chi connectivity index (χ1v) is 6.78. The minimum Gasteiger partial charge on any atom is -0.481 e. The Labute approximate surface area is 120 Å². The van der Waals surface area contributed by atoms with Crippen LogP contribution in [0.2, 0.25) is 0 Å². The Balaban J connectivity index is 2.47. The van der Waals surface area contributed by atoms with Gasteiger partial charge in [-0.1, -0.05) is 0 Å². The number of rotatable bonds is 6. The molecule has 0 saturated carbocycles. The molecule has 2 amide bonds. The molecule has 1 aromatic rings. The maximum Gasteiger partial charge on any atom is 0.326 e. The molecule has 9 heteroatoms. The van der Waals surface area contributed by atoms with Crippen molar-refractivity contribution in [3.63, 3.8) is 0 Å². The second kappa shape index (κ2) is 7.10. The molecule has 0 aliphatic heterocycles. The summed E-state index contributed by atoms with van der Waals surface area (Å²) < 4.78 is 0.845. The van der Waals surface area contributed by atoms with Gasteiger partial charge in [-0.25, -0.2) is 9.59 Å². The van der Waals surface area contributed by atoms with Crippen LogP contribution >= 0.6 is 27.3 Å². The standard InChI is InChI=1S/C10H11BrN2O5S/c11-5-1-2-19-7(5)4-12-10(18)13-6(9(16)17)3-8(14)15/h1-2,6H,3-4H2,(H,14,15)(H,16,17)(H2,12,13,18)/t6-/m0/s1. The van der Waals surface area contributed by atoms with E-state index >= 15 is 0 Å². The van der Waals surface area contributed by atoms with Crippen LogP contribution in [0.4, 0.5) is 4.79 Å². The number of urea groups is 1. The van der Waals surface area contributed by atoms with Crippen molar-refractivity contribution >= 4 is 45.2 Å². The average Bonchev–Trinajstić information content (AvgIpc) is 2.70. The number of halogens is 1. The van der Waals surface area contributed by atoms with Crippen LogP contribution in [0, 0.1) is 0 Å². The number of hydrogen-bond acceptors (Lipinski definition) is 4. The third kappa shape index (κ3) is 5.26. The highest BCUT2D eigenvalue weighted by Crippen LogP contribution is 2.21. The van der Waals surface area contributed by atoms with Gasteiger partial charge in [0.25, 0.3) is 0 Å². The molecule has 0 bridgehead atoms. The number of carbonyl (C=O) groups is 3. The first-order chi connectivity index (χ1) is 8.90. The highest BCUT2D eigenvalue weighted by molar-refractivity contribution is 9.10. The monoisotopic (exact) mass is 350 g/mol. The normalized spacial score (nSPS) is 11.6. The number of carbonyl (C=O) groups excluding carboxylic acids is 1. The summed E-state index contributed by atoms with van der Waals surface area (Å²) in [6.07, 6.45) is -0.675. The molecule has 0 aliphatic carbocycles. The zero-order valence-corrected chi connectivity index (χ0v) is 12.0. The van der Waals surface area contributed by atoms with Crippen LogP contribution in [0.1, 0.15) is 11.3 Å².